The van der Waals surface area contributed by atoms with Gasteiger partial charge in [-0.25, -0.2) is 25.2 Å². The van der Waals surface area contributed by atoms with E-state index in [0.29, 0.717) is 15.9 Å². The van der Waals surface area contributed by atoms with E-state index in [9.17, 15) is 19.5 Å². The predicted molar refractivity (Wildman–Crippen MR) is 105 cm³/mol. The zero-order valence-electron chi connectivity index (χ0n) is 16.3. The van der Waals surface area contributed by atoms with E-state index in [1.165, 1.54) is 18.2 Å². The molecule has 1 fully saturated rings. The highest BCUT2D eigenvalue weighted by molar-refractivity contribution is 6.37. The summed E-state index contributed by atoms with van der Waals surface area (Å²) in [5.74, 6) is -0.718. The minimum absolute atomic E-state index is 0.00903. The molecule has 3 N–H and O–H groups in total. The van der Waals surface area contributed by atoms with Gasteiger partial charge in [0.2, 0.25) is 11.8 Å². The van der Waals surface area contributed by atoms with Gasteiger partial charge >= 0.3 is 6.03 Å². The van der Waals surface area contributed by atoms with Crippen molar-refractivity contribution in [1.82, 2.24) is 20.5 Å². The van der Waals surface area contributed by atoms with Crippen LogP contribution in [0.25, 0.3) is 0 Å². The number of H-pyrrole nitrogens is 1. The van der Waals surface area contributed by atoms with Gasteiger partial charge in [-0.2, -0.15) is 0 Å². The molecule has 0 saturated carbocycles. The molecule has 0 bridgehead atoms. The number of hydrazine groups is 1. The smallest absolute Gasteiger partial charge is 0.347 e. The lowest BCUT2D eigenvalue weighted by Gasteiger charge is -2.33. The second-order valence-electron chi connectivity index (χ2n) is 6.34. The molecule has 1 aromatic heterocycles. The Bertz CT molecular complexity index is 1040. The third kappa shape index (κ3) is 4.20. The molecule has 1 aliphatic heterocycles. The van der Waals surface area contributed by atoms with Gasteiger partial charge in [0.1, 0.15) is 8.14 Å². The number of nitrogens with one attached hydrogen (secondary N) is 2. The summed E-state index contributed by atoms with van der Waals surface area (Å²) in [5, 5.41) is 16.2. The van der Waals surface area contributed by atoms with Crippen LogP contribution in [0.1, 0.15) is 25.3 Å². The molecule has 3 amide bonds. The Hall–Kier alpha value is -2.66. The number of aliphatic hydroxyl groups excluding tert-OH is 1. The summed E-state index contributed by atoms with van der Waals surface area (Å²) in [6, 6.07) is 3.15. The van der Waals surface area contributed by atoms with Gasteiger partial charge in [-0.1, -0.05) is 37.0 Å². The first-order valence-corrected chi connectivity index (χ1v) is 9.17. The van der Waals surface area contributed by atoms with Crippen molar-refractivity contribution in [3.63, 3.8) is 0 Å². The highest BCUT2D eigenvalue weighted by Gasteiger charge is 2.33. The Labute approximate surface area is 176 Å². The quantitative estimate of drug-likeness (QED) is 0.647. The summed E-state index contributed by atoms with van der Waals surface area (Å²) in [4.78, 5) is 36.6. The number of halogens is 2. The molecule has 0 aliphatic carbocycles. The second kappa shape index (κ2) is 8.37. The maximum absolute atomic E-state index is 12.5. The average Bonchev–Trinajstić information content (AvgIpc) is 2.65. The molecule has 2 heterocycles. The molecule has 0 spiro atoms. The standard InChI is InChI=1S/C17H17Cl2N5O5/c1-8(2)10-5-13(21-22-16(10)27)29-15-11(18)3-9(4-12(15)19)24-17(28)23(7-25)14(26)6-20-24/h3-5,8,20,25H,6-7H2,1-2H3,(H,22,27)/i/hD. The number of aromatic nitrogens is 2. The number of hydrogen-bond acceptors (Lipinski definition) is 7. The molecule has 1 aliphatic rings. The Kier molecular flexibility index (Phi) is 5.67. The van der Waals surface area contributed by atoms with E-state index >= 15 is 0 Å². The lowest BCUT2D eigenvalue weighted by atomic mass is 10.1. The number of carbonyl (C=O) groups excluding carboxylic acids is 2. The van der Waals surface area contributed by atoms with Crippen molar-refractivity contribution < 1.29 is 20.8 Å². The van der Waals surface area contributed by atoms with E-state index in [0.717, 1.165) is 5.01 Å². The second-order valence-corrected chi connectivity index (χ2v) is 7.16. The predicted octanol–water partition coefficient (Wildman–Crippen LogP) is 2.22. The van der Waals surface area contributed by atoms with Crippen molar-refractivity contribution in [2.75, 3.05) is 18.3 Å². The Morgan fingerprint density at radius 1 is 1.28 bits per heavy atom. The number of aromatic amines is 1. The Morgan fingerprint density at radius 2 is 1.93 bits per heavy atom. The summed E-state index contributed by atoms with van der Waals surface area (Å²) in [5.41, 5.74) is 0.826. The fourth-order valence-electron chi connectivity index (χ4n) is 2.58. The van der Waals surface area contributed by atoms with Crippen LogP contribution >= 0.6 is 23.2 Å². The third-order valence-corrected chi connectivity index (χ3v) is 4.63. The molecule has 2 aromatic rings. The molecule has 0 radical (unpaired) electrons. The molecule has 12 heteroatoms. The third-order valence-electron chi connectivity index (χ3n) is 4.07. The molecular weight excluding hydrogens is 425 g/mol. The summed E-state index contributed by atoms with van der Waals surface area (Å²) < 4.78 is 13.5. The summed E-state index contributed by atoms with van der Waals surface area (Å²) in [6.45, 7) is 2.39. The topological polar surface area (TPSA) is 128 Å². The Balaban J connectivity index is 1.95. The maximum atomic E-state index is 12.5. The van der Waals surface area contributed by atoms with Crippen molar-refractivity contribution in [2.24, 2.45) is 0 Å². The largest absolute Gasteiger partial charge is 0.434 e. The fraction of sp³-hybridized carbons (Fsp3) is 0.294. The van der Waals surface area contributed by atoms with E-state index in [-0.39, 0.29) is 38.8 Å². The molecule has 3 rings (SSSR count). The van der Waals surface area contributed by atoms with Crippen LogP contribution in [-0.4, -0.2) is 45.4 Å². The zero-order chi connectivity index (χ0) is 22.2. The van der Waals surface area contributed by atoms with Crippen LogP contribution in [0.2, 0.25) is 11.5 Å². The summed E-state index contributed by atoms with van der Waals surface area (Å²) in [7, 11) is 0. The van der Waals surface area contributed by atoms with Crippen LogP contribution in [0.3, 0.4) is 0 Å². The number of imide groups is 1. The highest BCUT2D eigenvalue weighted by atomic mass is 35.5. The molecule has 10 nitrogen and oxygen atoms in total. The van der Waals surface area contributed by atoms with E-state index in [1.54, 1.807) is 0 Å². The van der Waals surface area contributed by atoms with Gasteiger partial charge < -0.3 is 9.84 Å². The van der Waals surface area contributed by atoms with Crippen molar-refractivity contribution in [3.05, 3.63) is 44.2 Å². The summed E-state index contributed by atoms with van der Waals surface area (Å²) >= 11 is 12.5. The molecule has 0 unspecified atom stereocenters. The zero-order valence-corrected chi connectivity index (χ0v) is 16.9. The fourth-order valence-corrected chi connectivity index (χ4v) is 3.14. The number of rotatable bonds is 5. The van der Waals surface area contributed by atoms with Crippen LogP contribution in [-0.2, 0) is 4.79 Å². The number of ether oxygens (including phenoxy) is 1. The van der Waals surface area contributed by atoms with Gasteiger partial charge in [0, 0.05) is 11.6 Å². The molecular formula is C17H17Cl2N5O5. The normalized spacial score (nSPS) is 15.9. The van der Waals surface area contributed by atoms with Crippen LogP contribution < -0.4 is 20.7 Å². The van der Waals surface area contributed by atoms with Crippen LogP contribution in [0.5, 0.6) is 11.6 Å². The number of aliphatic hydroxyl groups is 1. The minimum atomic E-state index is -0.937. The molecule has 0 atom stereocenters. The molecule has 1 aromatic carbocycles. The molecule has 29 heavy (non-hydrogen) atoms. The van der Waals surface area contributed by atoms with Crippen LogP contribution in [0.4, 0.5) is 10.5 Å². The number of amides is 3. The van der Waals surface area contributed by atoms with Crippen molar-refractivity contribution in [3.8, 4) is 11.6 Å². The van der Waals surface area contributed by atoms with Crippen molar-refractivity contribution in [1.29, 1.82) is 0 Å². The van der Waals surface area contributed by atoms with Gasteiger partial charge in [0.05, 0.1) is 22.3 Å². The maximum Gasteiger partial charge on any atom is 0.347 e. The van der Waals surface area contributed by atoms with Crippen LogP contribution in [0.15, 0.2) is 23.0 Å². The number of hydrogen-bond donors (Lipinski definition) is 3. The van der Waals surface area contributed by atoms with Gasteiger partial charge in [-0.05, 0) is 18.1 Å². The number of carbonyl (C=O) groups is 2. The van der Waals surface area contributed by atoms with Gasteiger partial charge in [-0.15, -0.1) is 5.10 Å². The minimum Gasteiger partial charge on any atom is -0.434 e. The van der Waals surface area contributed by atoms with E-state index < -0.39 is 25.2 Å². The van der Waals surface area contributed by atoms with Gasteiger partial charge in [-0.3, -0.25) is 9.59 Å². The number of nitrogens with zero attached hydrogens (tertiary/aromatic N) is 3. The lowest BCUT2D eigenvalue weighted by Crippen LogP contribution is -2.61. The average molecular weight is 443 g/mol. The molecule has 1 saturated heterocycles. The van der Waals surface area contributed by atoms with Gasteiger partial charge in [0.15, 0.2) is 5.75 Å². The van der Waals surface area contributed by atoms with E-state index in [4.69, 9.17) is 29.4 Å². The lowest BCUT2D eigenvalue weighted by molar-refractivity contribution is -0.131. The van der Waals surface area contributed by atoms with E-state index in [2.05, 4.69) is 10.2 Å². The number of urea groups is 1. The van der Waals surface area contributed by atoms with E-state index in [1.807, 2.05) is 13.8 Å². The SMILES string of the molecule is [2H]N1CC(=O)N(CO)C(=O)N1c1cc(Cl)c(Oc2cc(C(C)C)c(=O)[nH]n2)c(Cl)c1. The van der Waals surface area contributed by atoms with Crippen molar-refractivity contribution >= 4 is 40.8 Å². The van der Waals surface area contributed by atoms with Gasteiger partial charge in [0.25, 0.3) is 5.56 Å². The van der Waals surface area contributed by atoms with Crippen LogP contribution in [0, 0.1) is 0 Å². The first kappa shape index (κ1) is 19.6. The Morgan fingerprint density at radius 3 is 2.52 bits per heavy atom. The number of anilines is 1. The monoisotopic (exact) mass is 442 g/mol. The first-order chi connectivity index (χ1) is 14.1. The molecule has 154 valence electrons. The highest BCUT2D eigenvalue weighted by Crippen LogP contribution is 2.39. The van der Waals surface area contributed by atoms with Crippen molar-refractivity contribution in [2.45, 2.75) is 19.8 Å². The summed E-state index contributed by atoms with van der Waals surface area (Å²) in [6.07, 6.45) is 0. The number of benzene rings is 1. The first-order valence-electron chi connectivity index (χ1n) is 8.87.